The minimum atomic E-state index is -1.93. The normalized spacial score (nSPS) is 12.5. The van der Waals surface area contributed by atoms with Crippen LogP contribution in [0.4, 0.5) is 0 Å². The molecule has 0 aliphatic rings. The van der Waals surface area contributed by atoms with E-state index in [9.17, 15) is 4.79 Å². The molecular formula is C19H40O2Si. The highest BCUT2D eigenvalue weighted by Gasteiger charge is 2.37. The van der Waals surface area contributed by atoms with E-state index in [4.69, 9.17) is 4.43 Å². The number of hydrogen-bond donors (Lipinski definition) is 0. The topological polar surface area (TPSA) is 26.3 Å². The van der Waals surface area contributed by atoms with Gasteiger partial charge in [-0.25, -0.2) is 0 Å². The molecule has 0 unspecified atom stereocenters. The lowest BCUT2D eigenvalue weighted by atomic mass is 10.2. The van der Waals surface area contributed by atoms with Gasteiger partial charge in [0.05, 0.1) is 0 Å². The van der Waals surface area contributed by atoms with Gasteiger partial charge in [0.2, 0.25) is 0 Å². The highest BCUT2D eigenvalue weighted by atomic mass is 28.4. The molecule has 0 N–H and O–H groups in total. The zero-order chi connectivity index (χ0) is 17.2. The Morgan fingerprint density at radius 2 is 1.18 bits per heavy atom. The van der Waals surface area contributed by atoms with Crippen molar-refractivity contribution in [3.63, 3.8) is 0 Å². The van der Waals surface area contributed by atoms with Crippen LogP contribution in [0.5, 0.6) is 0 Å². The van der Waals surface area contributed by atoms with E-state index in [0.717, 1.165) is 24.6 Å². The molecule has 0 rings (SSSR count). The predicted octanol–water partition coefficient (Wildman–Crippen LogP) is 6.41. The summed E-state index contributed by atoms with van der Waals surface area (Å²) in [5, 5.41) is 0. The number of carbonyl (C=O) groups is 1. The Bertz CT molecular complexity index is 267. The van der Waals surface area contributed by atoms with E-state index in [1.807, 2.05) is 0 Å². The van der Waals surface area contributed by atoms with Crippen molar-refractivity contribution in [3.8, 4) is 0 Å². The van der Waals surface area contributed by atoms with Crippen molar-refractivity contribution in [2.45, 2.75) is 98.7 Å². The summed E-state index contributed by atoms with van der Waals surface area (Å²) in [5.41, 5.74) is 0. The highest BCUT2D eigenvalue weighted by molar-refractivity contribution is 6.75. The van der Waals surface area contributed by atoms with Gasteiger partial charge in [0, 0.05) is 6.42 Å². The molecule has 0 aromatic heterocycles. The third kappa shape index (κ3) is 10.4. The van der Waals surface area contributed by atoms with Crippen molar-refractivity contribution in [3.05, 3.63) is 0 Å². The summed E-state index contributed by atoms with van der Waals surface area (Å²) < 4.78 is 6.23. The van der Waals surface area contributed by atoms with Crippen LogP contribution in [0.1, 0.15) is 80.6 Å². The average molecular weight is 329 g/mol. The lowest BCUT2D eigenvalue weighted by Crippen LogP contribution is -2.41. The summed E-state index contributed by atoms with van der Waals surface area (Å²) in [6.07, 6.45) is 5.06. The van der Waals surface area contributed by atoms with E-state index in [-0.39, 0.29) is 5.97 Å². The Kier molecular flexibility index (Phi) is 11.1. The quantitative estimate of drug-likeness (QED) is 0.387. The second-order valence-corrected chi connectivity index (χ2v) is 12.3. The van der Waals surface area contributed by atoms with Crippen LogP contribution in [0, 0.1) is 17.8 Å². The van der Waals surface area contributed by atoms with E-state index in [1.165, 1.54) is 19.3 Å². The third-order valence-corrected chi connectivity index (χ3v) is 8.58. The van der Waals surface area contributed by atoms with Crippen molar-refractivity contribution in [1.82, 2.24) is 0 Å². The van der Waals surface area contributed by atoms with Crippen molar-refractivity contribution in [1.29, 1.82) is 0 Å². The van der Waals surface area contributed by atoms with Crippen molar-refractivity contribution < 1.29 is 9.22 Å². The summed E-state index contributed by atoms with van der Waals surface area (Å²) in [4.78, 5) is 12.2. The Morgan fingerprint density at radius 3 is 1.45 bits per heavy atom. The van der Waals surface area contributed by atoms with Gasteiger partial charge in [-0.1, -0.05) is 67.7 Å². The lowest BCUT2D eigenvalue weighted by Gasteiger charge is -2.33. The van der Waals surface area contributed by atoms with E-state index in [2.05, 4.69) is 48.5 Å². The minimum absolute atomic E-state index is 0.0606. The molecule has 2 nitrogen and oxygen atoms in total. The zero-order valence-electron chi connectivity index (χ0n) is 16.2. The van der Waals surface area contributed by atoms with E-state index >= 15 is 0 Å². The van der Waals surface area contributed by atoms with Gasteiger partial charge in [-0.15, -0.1) is 0 Å². The lowest BCUT2D eigenvalue weighted by molar-refractivity contribution is -0.135. The van der Waals surface area contributed by atoms with E-state index < -0.39 is 8.32 Å². The molecule has 0 spiro atoms. The fourth-order valence-corrected chi connectivity index (χ4v) is 7.63. The molecule has 22 heavy (non-hydrogen) atoms. The molecule has 0 fully saturated rings. The van der Waals surface area contributed by atoms with Crippen LogP contribution in [-0.4, -0.2) is 14.3 Å². The maximum atomic E-state index is 12.2. The maximum Gasteiger partial charge on any atom is 0.292 e. The van der Waals surface area contributed by atoms with Crippen molar-refractivity contribution >= 4 is 14.3 Å². The Morgan fingerprint density at radius 1 is 0.818 bits per heavy atom. The van der Waals surface area contributed by atoms with Gasteiger partial charge in [-0.2, -0.15) is 0 Å². The van der Waals surface area contributed by atoms with Gasteiger partial charge in [0.1, 0.15) is 0 Å². The second kappa shape index (κ2) is 11.3. The van der Waals surface area contributed by atoms with Gasteiger partial charge in [0.15, 0.2) is 0 Å². The Hall–Kier alpha value is -0.313. The molecule has 132 valence electrons. The second-order valence-electron chi connectivity index (χ2n) is 8.20. The maximum absolute atomic E-state index is 12.2. The number of carbonyl (C=O) groups excluding carboxylic acids is 1. The molecular weight excluding hydrogens is 288 g/mol. The van der Waals surface area contributed by atoms with Crippen LogP contribution >= 0.6 is 0 Å². The van der Waals surface area contributed by atoms with Crippen molar-refractivity contribution in [2.24, 2.45) is 17.8 Å². The molecule has 0 aromatic carbocycles. The first-order valence-electron chi connectivity index (χ1n) is 9.42. The first-order valence-corrected chi connectivity index (χ1v) is 12.0. The van der Waals surface area contributed by atoms with Crippen LogP contribution in [0.3, 0.4) is 0 Å². The predicted molar refractivity (Wildman–Crippen MR) is 99.5 cm³/mol. The molecule has 0 aromatic rings. The third-order valence-electron chi connectivity index (χ3n) is 4.32. The Balaban J connectivity index is 5.03. The molecule has 0 aliphatic heterocycles. The molecule has 0 radical (unpaired) electrons. The molecule has 0 aliphatic carbocycles. The molecule has 3 heteroatoms. The summed E-state index contributed by atoms with van der Waals surface area (Å²) in [6, 6.07) is 3.46. The zero-order valence-corrected chi connectivity index (χ0v) is 17.2. The largest absolute Gasteiger partial charge is 0.519 e. The first kappa shape index (κ1) is 21.7. The molecule has 0 heterocycles. The van der Waals surface area contributed by atoms with Gasteiger partial charge >= 0.3 is 0 Å². The fraction of sp³-hybridized carbons (Fsp3) is 0.947. The molecule has 0 amide bonds. The van der Waals surface area contributed by atoms with E-state index in [0.29, 0.717) is 24.2 Å². The van der Waals surface area contributed by atoms with Crippen LogP contribution in [0.2, 0.25) is 18.1 Å². The molecule has 0 bridgehead atoms. The van der Waals surface area contributed by atoms with Gasteiger partial charge in [-0.3, -0.25) is 4.79 Å². The number of rotatable bonds is 12. The Labute approximate surface area is 140 Å². The fourth-order valence-electron chi connectivity index (χ4n) is 2.68. The van der Waals surface area contributed by atoms with Crippen LogP contribution in [0.15, 0.2) is 0 Å². The van der Waals surface area contributed by atoms with Gasteiger partial charge in [-0.05, 0) is 42.3 Å². The summed E-state index contributed by atoms with van der Waals surface area (Å²) in [7, 11) is -1.93. The summed E-state index contributed by atoms with van der Waals surface area (Å²) in [5.74, 6) is 2.13. The average Bonchev–Trinajstić information content (AvgIpc) is 2.40. The van der Waals surface area contributed by atoms with Gasteiger partial charge < -0.3 is 4.43 Å². The van der Waals surface area contributed by atoms with Crippen LogP contribution in [0.25, 0.3) is 0 Å². The standard InChI is InChI=1S/C19H40O2Si/c1-8-9-19(20)21-22(13-10-16(2)3,14-11-17(4)5)15-12-18(6)7/h16-18H,8-15H2,1-7H3. The number of hydrogen-bond acceptors (Lipinski definition) is 2. The smallest absolute Gasteiger partial charge is 0.292 e. The first-order chi connectivity index (χ1) is 10.2. The van der Waals surface area contributed by atoms with Crippen molar-refractivity contribution in [2.75, 3.05) is 0 Å². The SMILES string of the molecule is CCCC(=O)O[Si](CCC(C)C)(CCC(C)C)CCC(C)C. The molecule has 0 atom stereocenters. The van der Waals surface area contributed by atoms with Crippen LogP contribution < -0.4 is 0 Å². The van der Waals surface area contributed by atoms with Gasteiger partial charge in [0.25, 0.3) is 14.3 Å². The molecule has 0 saturated heterocycles. The molecule has 0 saturated carbocycles. The van der Waals surface area contributed by atoms with Crippen LogP contribution in [-0.2, 0) is 9.22 Å². The summed E-state index contributed by atoms with van der Waals surface area (Å²) in [6.45, 7) is 15.7. The highest BCUT2D eigenvalue weighted by Crippen LogP contribution is 2.32. The monoisotopic (exact) mass is 328 g/mol. The minimum Gasteiger partial charge on any atom is -0.519 e. The summed E-state index contributed by atoms with van der Waals surface area (Å²) >= 11 is 0. The van der Waals surface area contributed by atoms with E-state index in [1.54, 1.807) is 0 Å².